The van der Waals surface area contributed by atoms with Gasteiger partial charge in [-0.25, -0.2) is 14.2 Å². The molecule has 4 N–H and O–H groups in total. The van der Waals surface area contributed by atoms with Crippen molar-refractivity contribution in [3.05, 3.63) is 78.3 Å². The zero-order valence-corrected chi connectivity index (χ0v) is 18.0. The molecule has 33 heavy (non-hydrogen) atoms. The fraction of sp³-hybridized carbons (Fsp3) is 0.182. The van der Waals surface area contributed by atoms with Crippen molar-refractivity contribution in [2.45, 2.75) is 12.8 Å². The maximum absolute atomic E-state index is 12.5. The predicted molar refractivity (Wildman–Crippen MR) is 127 cm³/mol. The highest BCUT2D eigenvalue weighted by Crippen LogP contribution is 2.34. The number of hydrogen-bond acceptors (Lipinski definition) is 6. The number of aromatic amines is 3. The lowest BCUT2D eigenvalue weighted by atomic mass is 10.2. The highest BCUT2D eigenvalue weighted by atomic mass is 35.5. The molecule has 1 saturated heterocycles. The van der Waals surface area contributed by atoms with E-state index in [4.69, 9.17) is 11.6 Å². The highest BCUT2D eigenvalue weighted by molar-refractivity contribution is 6.30. The number of rotatable bonds is 4. The summed E-state index contributed by atoms with van der Waals surface area (Å²) in [6.45, 7) is 1.68. The van der Waals surface area contributed by atoms with Crippen LogP contribution in [0.15, 0.2) is 55.8 Å². The van der Waals surface area contributed by atoms with Crippen LogP contribution in [0.2, 0.25) is 5.02 Å². The molecule has 1 fully saturated rings. The summed E-state index contributed by atoms with van der Waals surface area (Å²) in [4.78, 5) is 50.9. The quantitative estimate of drug-likeness (QED) is 0.342. The zero-order valence-electron chi connectivity index (χ0n) is 17.3. The van der Waals surface area contributed by atoms with Gasteiger partial charge in [0.25, 0.3) is 5.56 Å². The molecule has 1 aliphatic heterocycles. The van der Waals surface area contributed by atoms with E-state index in [-0.39, 0.29) is 11.3 Å². The van der Waals surface area contributed by atoms with E-state index < -0.39 is 17.1 Å². The van der Waals surface area contributed by atoms with Crippen LogP contribution < -0.4 is 21.8 Å². The van der Waals surface area contributed by atoms with Crippen molar-refractivity contribution in [2.75, 3.05) is 18.0 Å². The van der Waals surface area contributed by atoms with Crippen LogP contribution in [0.4, 0.5) is 11.4 Å². The Morgan fingerprint density at radius 3 is 2.45 bits per heavy atom. The van der Waals surface area contributed by atoms with Crippen LogP contribution in [0, 0.1) is 0 Å². The number of aliphatic imine (C=N–C) groups is 1. The number of benzene rings is 2. The van der Waals surface area contributed by atoms with Gasteiger partial charge in [-0.1, -0.05) is 17.7 Å². The molecule has 10 nitrogen and oxygen atoms in total. The Labute approximate surface area is 190 Å². The Balaban J connectivity index is 1.64. The van der Waals surface area contributed by atoms with E-state index in [2.05, 4.69) is 24.8 Å². The number of hydrogen-bond donors (Lipinski definition) is 4. The van der Waals surface area contributed by atoms with Crippen LogP contribution in [0.3, 0.4) is 0 Å². The van der Waals surface area contributed by atoms with Gasteiger partial charge in [-0.2, -0.15) is 0 Å². The molecule has 0 amide bonds. The average molecular weight is 467 g/mol. The van der Waals surface area contributed by atoms with Gasteiger partial charge in [-0.05, 0) is 43.2 Å². The van der Waals surface area contributed by atoms with E-state index in [9.17, 15) is 19.5 Å². The summed E-state index contributed by atoms with van der Waals surface area (Å²) in [5.74, 6) is -0.561. The molecule has 2 aromatic heterocycles. The number of nitrogens with one attached hydrogen (secondary N) is 3. The number of aromatic nitrogens is 4. The second-order valence-electron chi connectivity index (χ2n) is 7.73. The van der Waals surface area contributed by atoms with Gasteiger partial charge in [0, 0.05) is 24.3 Å². The minimum atomic E-state index is -0.805. The lowest BCUT2D eigenvalue weighted by Crippen LogP contribution is -2.31. The fourth-order valence-corrected chi connectivity index (χ4v) is 4.20. The normalized spacial score (nSPS) is 14.0. The number of anilines is 1. The molecule has 0 saturated carbocycles. The summed E-state index contributed by atoms with van der Waals surface area (Å²) < 4.78 is 0.947. The van der Waals surface area contributed by atoms with Gasteiger partial charge >= 0.3 is 11.4 Å². The van der Waals surface area contributed by atoms with Crippen LogP contribution in [-0.2, 0) is 0 Å². The molecule has 168 valence electrons. The first-order valence-electron chi connectivity index (χ1n) is 10.3. The summed E-state index contributed by atoms with van der Waals surface area (Å²) in [6, 6.07) is 9.86. The van der Waals surface area contributed by atoms with E-state index in [1.807, 2.05) is 6.07 Å². The Morgan fingerprint density at radius 2 is 1.73 bits per heavy atom. The topological polar surface area (TPSA) is 139 Å². The standard InChI is InChI=1S/C22H19ClN6O4/c23-12-4-3-5-13(8-12)29-20(31)14(19(30)27-22(29)33)11-24-17-9-15-16(26-21(32)25-15)10-18(17)28-6-1-2-7-28/h3-5,8-11,31H,1-2,6-7H2,(H2,25,26,32)(H,27,30,33). The second kappa shape index (κ2) is 8.14. The maximum atomic E-state index is 12.5. The van der Waals surface area contributed by atoms with Crippen molar-refractivity contribution in [3.8, 4) is 11.6 Å². The lowest BCUT2D eigenvalue weighted by molar-refractivity contribution is 0.430. The summed E-state index contributed by atoms with van der Waals surface area (Å²) in [5, 5.41) is 11.1. The third-order valence-electron chi connectivity index (χ3n) is 5.58. The van der Waals surface area contributed by atoms with Crippen molar-refractivity contribution >= 4 is 40.2 Å². The Hall–Kier alpha value is -4.05. The van der Waals surface area contributed by atoms with E-state index >= 15 is 0 Å². The van der Waals surface area contributed by atoms with Crippen molar-refractivity contribution in [1.29, 1.82) is 0 Å². The van der Waals surface area contributed by atoms with Crippen LogP contribution >= 0.6 is 11.6 Å². The van der Waals surface area contributed by atoms with Gasteiger partial charge in [0.05, 0.1) is 28.1 Å². The first-order chi connectivity index (χ1) is 15.9. The van der Waals surface area contributed by atoms with Crippen molar-refractivity contribution < 1.29 is 5.11 Å². The number of H-pyrrole nitrogens is 3. The van der Waals surface area contributed by atoms with Gasteiger partial charge < -0.3 is 20.0 Å². The van der Waals surface area contributed by atoms with E-state index in [0.717, 1.165) is 36.2 Å². The second-order valence-corrected chi connectivity index (χ2v) is 8.17. The molecule has 0 aliphatic carbocycles. The molecule has 0 atom stereocenters. The lowest BCUT2D eigenvalue weighted by Gasteiger charge is -2.19. The van der Waals surface area contributed by atoms with E-state index in [1.54, 1.807) is 24.3 Å². The molecule has 2 aromatic carbocycles. The predicted octanol–water partition coefficient (Wildman–Crippen LogP) is 2.41. The van der Waals surface area contributed by atoms with Crippen molar-refractivity contribution in [2.24, 2.45) is 4.99 Å². The summed E-state index contributed by atoms with van der Waals surface area (Å²) in [5.41, 5.74) is 0.711. The van der Waals surface area contributed by atoms with Gasteiger partial charge in [0.15, 0.2) is 0 Å². The minimum Gasteiger partial charge on any atom is -0.493 e. The van der Waals surface area contributed by atoms with Gasteiger partial charge in [0.2, 0.25) is 5.88 Å². The summed E-state index contributed by atoms with van der Waals surface area (Å²) >= 11 is 6.01. The van der Waals surface area contributed by atoms with E-state index in [1.165, 1.54) is 12.3 Å². The molecule has 0 bridgehead atoms. The smallest absolute Gasteiger partial charge is 0.335 e. The van der Waals surface area contributed by atoms with Gasteiger partial charge in [-0.3, -0.25) is 14.8 Å². The zero-order chi connectivity index (χ0) is 23.1. The number of aromatic hydroxyl groups is 1. The average Bonchev–Trinajstić information content (AvgIpc) is 3.41. The molecular weight excluding hydrogens is 448 g/mol. The van der Waals surface area contributed by atoms with Crippen LogP contribution in [0.5, 0.6) is 5.88 Å². The Morgan fingerprint density at radius 1 is 1.00 bits per heavy atom. The largest absolute Gasteiger partial charge is 0.493 e. The summed E-state index contributed by atoms with van der Waals surface area (Å²) in [7, 11) is 0. The van der Waals surface area contributed by atoms with Crippen molar-refractivity contribution in [1.82, 2.24) is 19.5 Å². The van der Waals surface area contributed by atoms with E-state index in [0.29, 0.717) is 27.4 Å². The number of nitrogens with zero attached hydrogens (tertiary/aromatic N) is 3. The molecule has 11 heteroatoms. The first kappa shape index (κ1) is 20.8. The number of imidazole rings is 1. The third-order valence-corrected chi connectivity index (χ3v) is 5.81. The molecule has 0 unspecified atom stereocenters. The monoisotopic (exact) mass is 466 g/mol. The SMILES string of the molecule is O=c1[nH]c2cc(N=Cc3c(O)n(-c4cccc(Cl)c4)c(=O)[nH]c3=O)c(N3CCCC3)cc2[nH]1. The van der Waals surface area contributed by atoms with Crippen molar-refractivity contribution in [3.63, 3.8) is 0 Å². The van der Waals surface area contributed by atoms with Gasteiger partial charge in [-0.15, -0.1) is 0 Å². The maximum Gasteiger partial charge on any atom is 0.335 e. The molecule has 1 aliphatic rings. The summed E-state index contributed by atoms with van der Waals surface area (Å²) in [6.07, 6.45) is 3.28. The van der Waals surface area contributed by atoms with Crippen LogP contribution in [0.25, 0.3) is 16.7 Å². The minimum absolute atomic E-state index is 0.190. The number of fused-ring (bicyclic) bond motifs is 1. The Kier molecular flexibility index (Phi) is 5.14. The molecule has 0 spiro atoms. The highest BCUT2D eigenvalue weighted by Gasteiger charge is 2.19. The molecular formula is C22H19ClN6O4. The fourth-order valence-electron chi connectivity index (χ4n) is 4.02. The number of halogens is 1. The van der Waals surface area contributed by atoms with Crippen LogP contribution in [0.1, 0.15) is 18.4 Å². The first-order valence-corrected chi connectivity index (χ1v) is 10.7. The third kappa shape index (κ3) is 3.85. The molecule has 3 heterocycles. The Bertz CT molecular complexity index is 1570. The molecule has 0 radical (unpaired) electrons. The molecule has 4 aromatic rings. The van der Waals surface area contributed by atoms with Crippen LogP contribution in [-0.4, -0.2) is 43.9 Å². The molecule has 5 rings (SSSR count). The van der Waals surface area contributed by atoms with Gasteiger partial charge in [0.1, 0.15) is 5.56 Å².